The number of carbonyl (C=O) groups is 1. The van der Waals surface area contributed by atoms with Crippen LogP contribution in [0.4, 0.5) is 10.1 Å². The molecular formula is C21H16FN5O5. The summed E-state index contributed by atoms with van der Waals surface area (Å²) in [7, 11) is 0. The molecule has 4 rings (SSSR count). The van der Waals surface area contributed by atoms with Crippen LogP contribution in [0.25, 0.3) is 17.1 Å². The molecule has 162 valence electrons. The normalized spacial score (nSPS) is 10.8. The first-order valence-corrected chi connectivity index (χ1v) is 9.40. The molecule has 0 radical (unpaired) electrons. The van der Waals surface area contributed by atoms with Gasteiger partial charge in [-0.1, -0.05) is 5.16 Å². The molecule has 4 aromatic rings. The van der Waals surface area contributed by atoms with E-state index in [-0.39, 0.29) is 35.4 Å². The SMILES string of the molecule is Cc1nn(-c2ccc(F)cc2)c(C)c1C(=O)OCc1nc(-c2ccc([N+](=O)[O-])cc2)no1. The molecule has 0 N–H and O–H groups in total. The number of hydrogen-bond acceptors (Lipinski definition) is 8. The Morgan fingerprint density at radius 3 is 2.50 bits per heavy atom. The second-order valence-electron chi connectivity index (χ2n) is 6.83. The second-order valence-corrected chi connectivity index (χ2v) is 6.83. The van der Waals surface area contributed by atoms with Crippen molar-refractivity contribution in [2.75, 3.05) is 0 Å². The van der Waals surface area contributed by atoms with E-state index in [1.807, 2.05) is 0 Å². The molecule has 2 heterocycles. The van der Waals surface area contributed by atoms with Crippen LogP contribution in [0, 0.1) is 29.8 Å². The zero-order chi connectivity index (χ0) is 22.8. The zero-order valence-electron chi connectivity index (χ0n) is 17.0. The van der Waals surface area contributed by atoms with Crippen molar-refractivity contribution in [3.05, 3.63) is 87.3 Å². The van der Waals surface area contributed by atoms with Crippen molar-refractivity contribution >= 4 is 11.7 Å². The Bertz CT molecular complexity index is 1300. The molecule has 0 fully saturated rings. The van der Waals surface area contributed by atoms with Gasteiger partial charge in [0.05, 0.1) is 22.0 Å². The van der Waals surface area contributed by atoms with Crippen LogP contribution < -0.4 is 0 Å². The van der Waals surface area contributed by atoms with Crippen molar-refractivity contribution in [2.24, 2.45) is 0 Å². The lowest BCUT2D eigenvalue weighted by Gasteiger charge is -2.05. The molecule has 2 aromatic heterocycles. The monoisotopic (exact) mass is 437 g/mol. The number of non-ortho nitro benzene ring substituents is 1. The fraction of sp³-hybridized carbons (Fsp3) is 0.143. The number of esters is 1. The maximum Gasteiger partial charge on any atom is 0.342 e. The Balaban J connectivity index is 1.46. The van der Waals surface area contributed by atoms with Crippen LogP contribution in [-0.2, 0) is 11.3 Å². The van der Waals surface area contributed by atoms with Gasteiger partial charge in [0.2, 0.25) is 5.82 Å². The highest BCUT2D eigenvalue weighted by Gasteiger charge is 2.22. The van der Waals surface area contributed by atoms with E-state index in [1.165, 1.54) is 41.1 Å². The van der Waals surface area contributed by atoms with E-state index >= 15 is 0 Å². The molecule has 32 heavy (non-hydrogen) atoms. The number of ether oxygens (including phenoxy) is 1. The number of hydrogen-bond donors (Lipinski definition) is 0. The predicted molar refractivity (Wildman–Crippen MR) is 109 cm³/mol. The van der Waals surface area contributed by atoms with E-state index in [0.717, 1.165) is 0 Å². The van der Waals surface area contributed by atoms with E-state index in [4.69, 9.17) is 9.26 Å². The van der Waals surface area contributed by atoms with E-state index in [2.05, 4.69) is 15.2 Å². The fourth-order valence-corrected chi connectivity index (χ4v) is 3.13. The molecule has 0 aliphatic carbocycles. The van der Waals surface area contributed by atoms with Crippen molar-refractivity contribution in [3.8, 4) is 17.1 Å². The predicted octanol–water partition coefficient (Wildman–Crippen LogP) is 3.94. The van der Waals surface area contributed by atoms with Crippen molar-refractivity contribution in [3.63, 3.8) is 0 Å². The van der Waals surface area contributed by atoms with Gasteiger partial charge in [-0.15, -0.1) is 0 Å². The van der Waals surface area contributed by atoms with E-state index in [9.17, 15) is 19.3 Å². The second kappa shape index (κ2) is 8.38. The highest BCUT2D eigenvalue weighted by atomic mass is 19.1. The third-order valence-electron chi connectivity index (χ3n) is 4.70. The highest BCUT2D eigenvalue weighted by molar-refractivity contribution is 5.92. The first-order chi connectivity index (χ1) is 15.3. The zero-order valence-corrected chi connectivity index (χ0v) is 17.0. The Hall–Kier alpha value is -4.41. The molecule has 0 aliphatic heterocycles. The Labute approximate surface area is 180 Å². The quantitative estimate of drug-likeness (QED) is 0.252. The third-order valence-corrected chi connectivity index (χ3v) is 4.70. The topological polar surface area (TPSA) is 126 Å². The van der Waals surface area contributed by atoms with Crippen molar-refractivity contribution in [1.82, 2.24) is 19.9 Å². The summed E-state index contributed by atoms with van der Waals surface area (Å²) >= 11 is 0. The van der Waals surface area contributed by atoms with Gasteiger partial charge >= 0.3 is 5.97 Å². The Morgan fingerprint density at radius 2 is 1.84 bits per heavy atom. The number of aryl methyl sites for hydroxylation is 1. The summed E-state index contributed by atoms with van der Waals surface area (Å²) in [5, 5.41) is 18.9. The molecule has 0 amide bonds. The molecule has 0 bridgehead atoms. The summed E-state index contributed by atoms with van der Waals surface area (Å²) in [5.41, 5.74) is 2.34. The average molecular weight is 437 g/mol. The van der Waals surface area contributed by atoms with Crippen molar-refractivity contribution < 1.29 is 23.4 Å². The molecule has 0 saturated carbocycles. The summed E-state index contributed by atoms with van der Waals surface area (Å²) in [4.78, 5) is 27.0. The number of aromatic nitrogens is 4. The first kappa shape index (κ1) is 20.8. The van der Waals surface area contributed by atoms with Crippen LogP contribution >= 0.6 is 0 Å². The summed E-state index contributed by atoms with van der Waals surface area (Å²) in [5.74, 6) is -0.721. The number of rotatable bonds is 6. The summed E-state index contributed by atoms with van der Waals surface area (Å²) in [6.45, 7) is 3.11. The molecule has 0 unspecified atom stereocenters. The minimum Gasteiger partial charge on any atom is -0.452 e. The number of benzene rings is 2. The van der Waals surface area contributed by atoms with Crippen LogP contribution in [0.1, 0.15) is 27.6 Å². The first-order valence-electron chi connectivity index (χ1n) is 9.40. The van der Waals surface area contributed by atoms with Gasteiger partial charge in [-0.25, -0.2) is 13.9 Å². The van der Waals surface area contributed by atoms with Gasteiger partial charge < -0.3 is 9.26 Å². The standard InChI is InChI=1S/C21H16FN5O5/c1-12-19(13(2)26(24-12)16-9-5-15(22)6-10-16)21(28)31-11-18-23-20(25-32-18)14-3-7-17(8-4-14)27(29)30/h3-10H,11H2,1-2H3. The molecule has 11 heteroatoms. The molecule has 0 spiro atoms. The van der Waals surface area contributed by atoms with Gasteiger partial charge in [0.25, 0.3) is 11.6 Å². The van der Waals surface area contributed by atoms with Gasteiger partial charge in [0, 0.05) is 17.7 Å². The number of nitro benzene ring substituents is 1. The number of carbonyl (C=O) groups excluding carboxylic acids is 1. The summed E-state index contributed by atoms with van der Waals surface area (Å²) < 4.78 is 25.1. The summed E-state index contributed by atoms with van der Waals surface area (Å²) in [6.07, 6.45) is 0. The van der Waals surface area contributed by atoms with Gasteiger partial charge in [0.1, 0.15) is 11.4 Å². The maximum absolute atomic E-state index is 13.2. The van der Waals surface area contributed by atoms with Crippen LogP contribution in [0.5, 0.6) is 0 Å². The largest absolute Gasteiger partial charge is 0.452 e. The molecule has 0 atom stereocenters. The van der Waals surface area contributed by atoms with Crippen LogP contribution in [0.3, 0.4) is 0 Å². The van der Waals surface area contributed by atoms with Gasteiger partial charge in [-0.05, 0) is 50.2 Å². The smallest absolute Gasteiger partial charge is 0.342 e. The van der Waals surface area contributed by atoms with E-state index < -0.39 is 10.9 Å². The van der Waals surface area contributed by atoms with Gasteiger partial charge in [-0.3, -0.25) is 10.1 Å². The Morgan fingerprint density at radius 1 is 1.16 bits per heavy atom. The number of halogens is 1. The number of nitrogens with zero attached hydrogens (tertiary/aromatic N) is 5. The Kier molecular flexibility index (Phi) is 5.46. The lowest BCUT2D eigenvalue weighted by atomic mass is 10.2. The lowest BCUT2D eigenvalue weighted by molar-refractivity contribution is -0.384. The maximum atomic E-state index is 13.2. The summed E-state index contributed by atoms with van der Waals surface area (Å²) in [6, 6.07) is 11.4. The van der Waals surface area contributed by atoms with Crippen LogP contribution in [-0.4, -0.2) is 30.8 Å². The molecule has 2 aromatic carbocycles. The van der Waals surface area contributed by atoms with Crippen molar-refractivity contribution in [2.45, 2.75) is 20.5 Å². The van der Waals surface area contributed by atoms with Crippen molar-refractivity contribution in [1.29, 1.82) is 0 Å². The molecule has 0 aliphatic rings. The molecular weight excluding hydrogens is 421 g/mol. The van der Waals surface area contributed by atoms with E-state index in [0.29, 0.717) is 22.6 Å². The van der Waals surface area contributed by atoms with Crippen LogP contribution in [0.2, 0.25) is 0 Å². The molecule has 10 nitrogen and oxygen atoms in total. The van der Waals surface area contributed by atoms with Crippen LogP contribution in [0.15, 0.2) is 53.1 Å². The number of nitro groups is 1. The van der Waals surface area contributed by atoms with Gasteiger partial charge in [0.15, 0.2) is 6.61 Å². The molecule has 0 saturated heterocycles. The minimum absolute atomic E-state index is 0.0571. The highest BCUT2D eigenvalue weighted by Crippen LogP contribution is 2.22. The minimum atomic E-state index is -0.622. The van der Waals surface area contributed by atoms with Gasteiger partial charge in [-0.2, -0.15) is 10.1 Å². The average Bonchev–Trinajstić information content (AvgIpc) is 3.37. The fourth-order valence-electron chi connectivity index (χ4n) is 3.13. The van der Waals surface area contributed by atoms with E-state index in [1.54, 1.807) is 26.0 Å². The third kappa shape index (κ3) is 4.08. The lowest BCUT2D eigenvalue weighted by Crippen LogP contribution is -2.08.